The number of aromatic carboxylic acids is 1. The molecule has 0 saturated heterocycles. The molecule has 0 spiro atoms. The van der Waals surface area contributed by atoms with E-state index in [-0.39, 0.29) is 11.1 Å². The van der Waals surface area contributed by atoms with Crippen molar-refractivity contribution >= 4 is 17.0 Å². The summed E-state index contributed by atoms with van der Waals surface area (Å²) in [5, 5.41) is 9.61. The first-order chi connectivity index (χ1) is 9.66. The van der Waals surface area contributed by atoms with Gasteiger partial charge in [-0.25, -0.2) is 14.8 Å². The highest BCUT2D eigenvalue weighted by molar-refractivity contribution is 5.87. The molecule has 0 aliphatic rings. The Bertz CT molecular complexity index is 853. The average Bonchev–Trinajstić information content (AvgIpc) is 2.47. The highest BCUT2D eigenvalue weighted by Crippen LogP contribution is 2.14. The van der Waals surface area contributed by atoms with E-state index >= 15 is 0 Å². The maximum Gasteiger partial charge on any atom is 0.335 e. The van der Waals surface area contributed by atoms with Gasteiger partial charge in [-0.3, -0.25) is 9.36 Å². The predicted molar refractivity (Wildman–Crippen MR) is 72.1 cm³/mol. The van der Waals surface area contributed by atoms with Crippen molar-refractivity contribution in [1.82, 2.24) is 14.5 Å². The number of benzene rings is 1. The van der Waals surface area contributed by atoms with Gasteiger partial charge in [0.1, 0.15) is 6.33 Å². The van der Waals surface area contributed by atoms with E-state index in [1.165, 1.54) is 29.1 Å². The molecule has 2 heterocycles. The summed E-state index contributed by atoms with van der Waals surface area (Å²) < 4.78 is 1.42. The number of hydrogen-bond donors (Lipinski definition) is 1. The van der Waals surface area contributed by atoms with Crippen LogP contribution < -0.4 is 5.56 Å². The lowest BCUT2D eigenvalue weighted by atomic mass is 10.2. The molecule has 0 aliphatic heterocycles. The van der Waals surface area contributed by atoms with Crippen LogP contribution in [-0.2, 0) is 0 Å². The Morgan fingerprint density at radius 3 is 2.55 bits per heavy atom. The number of nitrogens with zero attached hydrogens (tertiary/aromatic N) is 3. The van der Waals surface area contributed by atoms with Gasteiger partial charge in [-0.2, -0.15) is 0 Å². The van der Waals surface area contributed by atoms with Gasteiger partial charge in [0.15, 0.2) is 5.65 Å². The Kier molecular flexibility index (Phi) is 2.76. The van der Waals surface area contributed by atoms with Gasteiger partial charge < -0.3 is 5.11 Å². The third-order valence-corrected chi connectivity index (χ3v) is 2.93. The molecule has 0 atom stereocenters. The Morgan fingerprint density at radius 2 is 1.85 bits per heavy atom. The Labute approximate surface area is 113 Å². The van der Waals surface area contributed by atoms with Crippen molar-refractivity contribution in [3.63, 3.8) is 0 Å². The van der Waals surface area contributed by atoms with Crippen LogP contribution in [0.25, 0.3) is 16.7 Å². The van der Waals surface area contributed by atoms with Crippen LogP contribution in [0.2, 0.25) is 0 Å². The van der Waals surface area contributed by atoms with Gasteiger partial charge in [0.2, 0.25) is 0 Å². The highest BCUT2D eigenvalue weighted by atomic mass is 16.4. The lowest BCUT2D eigenvalue weighted by molar-refractivity contribution is 0.0697. The standard InChI is InChI=1S/C14H9N3O3/c18-12-6-3-10-7-15-8-16-13(10)17(12)11-4-1-9(2-5-11)14(19)20/h1-8H,(H,19,20). The van der Waals surface area contributed by atoms with E-state index < -0.39 is 5.97 Å². The monoisotopic (exact) mass is 267 g/mol. The van der Waals surface area contributed by atoms with Crippen molar-refractivity contribution in [2.24, 2.45) is 0 Å². The van der Waals surface area contributed by atoms with Crippen molar-refractivity contribution in [3.05, 3.63) is 64.8 Å². The number of aromatic nitrogens is 3. The summed E-state index contributed by atoms with van der Waals surface area (Å²) in [6.45, 7) is 0. The molecule has 98 valence electrons. The number of carboxylic acids is 1. The molecule has 3 aromatic rings. The highest BCUT2D eigenvalue weighted by Gasteiger charge is 2.08. The third kappa shape index (κ3) is 1.93. The second-order valence-electron chi connectivity index (χ2n) is 4.16. The molecule has 3 rings (SSSR count). The van der Waals surface area contributed by atoms with Crippen LogP contribution in [0.1, 0.15) is 10.4 Å². The van der Waals surface area contributed by atoms with Crippen molar-refractivity contribution < 1.29 is 9.90 Å². The molecule has 1 aromatic carbocycles. The smallest absolute Gasteiger partial charge is 0.335 e. The van der Waals surface area contributed by atoms with E-state index in [4.69, 9.17) is 5.11 Å². The van der Waals surface area contributed by atoms with Crippen LogP contribution >= 0.6 is 0 Å². The predicted octanol–water partition coefficient (Wildman–Crippen LogP) is 1.48. The van der Waals surface area contributed by atoms with Gasteiger partial charge in [0.25, 0.3) is 5.56 Å². The largest absolute Gasteiger partial charge is 0.478 e. The molecule has 20 heavy (non-hydrogen) atoms. The molecule has 2 aromatic heterocycles. The molecule has 0 fully saturated rings. The first kappa shape index (κ1) is 12.0. The normalized spacial score (nSPS) is 10.6. The van der Waals surface area contributed by atoms with Gasteiger partial charge in [0, 0.05) is 17.6 Å². The van der Waals surface area contributed by atoms with Crippen LogP contribution in [0, 0.1) is 0 Å². The van der Waals surface area contributed by atoms with E-state index in [9.17, 15) is 9.59 Å². The lowest BCUT2D eigenvalue weighted by Crippen LogP contribution is -2.18. The minimum atomic E-state index is -1.01. The van der Waals surface area contributed by atoms with Crippen LogP contribution in [-0.4, -0.2) is 25.6 Å². The van der Waals surface area contributed by atoms with Crippen LogP contribution in [0.3, 0.4) is 0 Å². The molecule has 0 radical (unpaired) electrons. The lowest BCUT2D eigenvalue weighted by Gasteiger charge is -2.08. The molecule has 6 nitrogen and oxygen atoms in total. The maximum absolute atomic E-state index is 12.0. The fourth-order valence-electron chi connectivity index (χ4n) is 1.98. The van der Waals surface area contributed by atoms with Crippen LogP contribution in [0.15, 0.2) is 53.7 Å². The molecule has 0 amide bonds. The molecule has 0 aliphatic carbocycles. The molecule has 0 bridgehead atoms. The summed E-state index contributed by atoms with van der Waals surface area (Å²) in [5.74, 6) is -1.01. The minimum Gasteiger partial charge on any atom is -0.478 e. The SMILES string of the molecule is O=C(O)c1ccc(-n2c(=O)ccc3cncnc32)cc1. The van der Waals surface area contributed by atoms with Crippen molar-refractivity contribution in [2.75, 3.05) is 0 Å². The van der Waals surface area contributed by atoms with E-state index in [1.54, 1.807) is 24.4 Å². The fourth-order valence-corrected chi connectivity index (χ4v) is 1.98. The average molecular weight is 267 g/mol. The van der Waals surface area contributed by atoms with Gasteiger partial charge >= 0.3 is 5.97 Å². The van der Waals surface area contributed by atoms with Crippen molar-refractivity contribution in [2.45, 2.75) is 0 Å². The zero-order valence-electron chi connectivity index (χ0n) is 10.2. The van der Waals surface area contributed by atoms with E-state index in [0.717, 1.165) is 5.39 Å². The summed E-state index contributed by atoms with van der Waals surface area (Å²) in [6.07, 6.45) is 2.98. The van der Waals surface area contributed by atoms with Crippen LogP contribution in [0.4, 0.5) is 0 Å². The topological polar surface area (TPSA) is 85.1 Å². The molecule has 1 N–H and O–H groups in total. The van der Waals surface area contributed by atoms with Crippen LogP contribution in [0.5, 0.6) is 0 Å². The minimum absolute atomic E-state index is 0.164. The van der Waals surface area contributed by atoms with E-state index in [1.807, 2.05) is 0 Å². The number of carboxylic acid groups (broad SMARTS) is 1. The molecular formula is C14H9N3O3. The number of hydrogen-bond acceptors (Lipinski definition) is 4. The quantitative estimate of drug-likeness (QED) is 0.760. The summed E-state index contributed by atoms with van der Waals surface area (Å²) in [5.41, 5.74) is 0.968. The molecular weight excluding hydrogens is 258 g/mol. The Balaban J connectivity index is 2.26. The second-order valence-corrected chi connectivity index (χ2v) is 4.16. The molecule has 0 saturated carbocycles. The Hall–Kier alpha value is -3.02. The summed E-state index contributed by atoms with van der Waals surface area (Å²) >= 11 is 0. The zero-order chi connectivity index (χ0) is 14.1. The molecule has 0 unspecified atom stereocenters. The zero-order valence-corrected chi connectivity index (χ0v) is 10.2. The third-order valence-electron chi connectivity index (χ3n) is 2.93. The van der Waals surface area contributed by atoms with E-state index in [0.29, 0.717) is 11.3 Å². The fraction of sp³-hybridized carbons (Fsp3) is 0. The number of rotatable bonds is 2. The number of carbonyl (C=O) groups is 1. The summed E-state index contributed by atoms with van der Waals surface area (Å²) in [7, 11) is 0. The van der Waals surface area contributed by atoms with Gasteiger partial charge in [-0.15, -0.1) is 0 Å². The number of fused-ring (bicyclic) bond motifs is 1. The summed E-state index contributed by atoms with van der Waals surface area (Å²) in [4.78, 5) is 30.9. The Morgan fingerprint density at radius 1 is 1.10 bits per heavy atom. The van der Waals surface area contributed by atoms with Gasteiger partial charge in [0.05, 0.1) is 11.3 Å². The van der Waals surface area contributed by atoms with E-state index in [2.05, 4.69) is 9.97 Å². The van der Waals surface area contributed by atoms with Gasteiger partial charge in [-0.05, 0) is 30.3 Å². The van der Waals surface area contributed by atoms with Crippen molar-refractivity contribution in [1.29, 1.82) is 0 Å². The number of pyridine rings is 1. The molecule has 6 heteroatoms. The first-order valence-corrected chi connectivity index (χ1v) is 5.82. The van der Waals surface area contributed by atoms with Crippen molar-refractivity contribution in [3.8, 4) is 5.69 Å². The summed E-state index contributed by atoms with van der Waals surface area (Å²) in [6, 6.07) is 9.13. The first-order valence-electron chi connectivity index (χ1n) is 5.82. The maximum atomic E-state index is 12.0. The second kappa shape index (κ2) is 4.58. The van der Waals surface area contributed by atoms with Gasteiger partial charge in [-0.1, -0.05) is 0 Å².